The zero-order valence-corrected chi connectivity index (χ0v) is 11.4. The number of amides is 2. The predicted octanol–water partition coefficient (Wildman–Crippen LogP) is 1.59. The van der Waals surface area contributed by atoms with Crippen molar-refractivity contribution in [2.24, 2.45) is 5.41 Å². The molecule has 0 aliphatic carbocycles. The van der Waals surface area contributed by atoms with Gasteiger partial charge in [-0.1, -0.05) is 40.0 Å². The fraction of sp³-hybridized carbons (Fsp3) is 0.692. The maximum Gasteiger partial charge on any atom is 0.326 e. The lowest BCUT2D eigenvalue weighted by molar-refractivity contribution is -0.141. The number of rotatable bonds is 5. The SMILES string of the molecule is C#CC(CCC)NC(=O)NC(C(=O)O)C(C)(C)C. The summed E-state index contributed by atoms with van der Waals surface area (Å²) in [6.45, 7) is 7.20. The van der Waals surface area contributed by atoms with Gasteiger partial charge in [0, 0.05) is 0 Å². The minimum atomic E-state index is -1.06. The Kier molecular flexibility index (Phi) is 6.24. The van der Waals surface area contributed by atoms with Crippen molar-refractivity contribution in [3.05, 3.63) is 0 Å². The number of terminal acetylenes is 1. The number of aliphatic carboxylic acids is 1. The lowest BCUT2D eigenvalue weighted by Gasteiger charge is -2.28. The second kappa shape index (κ2) is 6.90. The Balaban J connectivity index is 4.54. The third-order valence-corrected chi connectivity index (χ3v) is 2.47. The smallest absolute Gasteiger partial charge is 0.326 e. The standard InChI is InChI=1S/C13H22N2O3/c1-6-8-9(7-2)14-12(18)15-10(11(16)17)13(3,4)5/h2,9-10H,6,8H2,1,3-5H3,(H,16,17)(H2,14,15,18). The highest BCUT2D eigenvalue weighted by Crippen LogP contribution is 2.19. The first kappa shape index (κ1) is 16.3. The maximum absolute atomic E-state index is 11.7. The van der Waals surface area contributed by atoms with Crippen LogP contribution in [0.15, 0.2) is 0 Å². The highest BCUT2D eigenvalue weighted by molar-refractivity contribution is 5.83. The van der Waals surface area contributed by atoms with Gasteiger partial charge in [-0.25, -0.2) is 9.59 Å². The Morgan fingerprint density at radius 3 is 2.22 bits per heavy atom. The summed E-state index contributed by atoms with van der Waals surface area (Å²) in [5.41, 5.74) is -0.570. The van der Waals surface area contributed by atoms with Crippen molar-refractivity contribution in [2.45, 2.75) is 52.6 Å². The van der Waals surface area contributed by atoms with Crippen LogP contribution < -0.4 is 10.6 Å². The lowest BCUT2D eigenvalue weighted by Crippen LogP contribution is -2.53. The minimum Gasteiger partial charge on any atom is -0.480 e. The average molecular weight is 254 g/mol. The van der Waals surface area contributed by atoms with E-state index in [4.69, 9.17) is 11.5 Å². The number of hydrogen-bond donors (Lipinski definition) is 3. The first-order chi connectivity index (χ1) is 8.22. The Morgan fingerprint density at radius 1 is 1.33 bits per heavy atom. The summed E-state index contributed by atoms with van der Waals surface area (Å²) in [6.07, 6.45) is 6.78. The van der Waals surface area contributed by atoms with Crippen molar-refractivity contribution >= 4 is 12.0 Å². The second-order valence-corrected chi connectivity index (χ2v) is 5.26. The molecule has 0 aromatic rings. The van der Waals surface area contributed by atoms with Crippen LogP contribution in [0.2, 0.25) is 0 Å². The van der Waals surface area contributed by atoms with Crippen LogP contribution in [-0.4, -0.2) is 29.2 Å². The van der Waals surface area contributed by atoms with E-state index in [1.165, 1.54) is 0 Å². The molecule has 0 aliphatic heterocycles. The summed E-state index contributed by atoms with van der Waals surface area (Å²) in [4.78, 5) is 22.7. The zero-order chi connectivity index (χ0) is 14.3. The van der Waals surface area contributed by atoms with E-state index >= 15 is 0 Å². The van der Waals surface area contributed by atoms with E-state index in [1.54, 1.807) is 20.8 Å². The number of carbonyl (C=O) groups is 2. The predicted molar refractivity (Wildman–Crippen MR) is 70.1 cm³/mol. The summed E-state index contributed by atoms with van der Waals surface area (Å²) in [6, 6.07) is -1.88. The van der Waals surface area contributed by atoms with Gasteiger partial charge in [-0.05, 0) is 11.8 Å². The third kappa shape index (κ3) is 5.58. The van der Waals surface area contributed by atoms with E-state index in [0.29, 0.717) is 6.42 Å². The average Bonchev–Trinajstić information content (AvgIpc) is 2.23. The molecular formula is C13H22N2O3. The van der Waals surface area contributed by atoms with E-state index in [2.05, 4.69) is 16.6 Å². The fourth-order valence-corrected chi connectivity index (χ4v) is 1.47. The fourth-order valence-electron chi connectivity index (χ4n) is 1.47. The van der Waals surface area contributed by atoms with Gasteiger partial charge in [0.1, 0.15) is 6.04 Å². The van der Waals surface area contributed by atoms with Crippen LogP contribution in [0.1, 0.15) is 40.5 Å². The number of carboxylic acids is 1. The molecule has 0 spiro atoms. The summed E-state index contributed by atoms with van der Waals surface area (Å²) in [5.74, 6) is 1.39. The van der Waals surface area contributed by atoms with E-state index < -0.39 is 23.5 Å². The summed E-state index contributed by atoms with van der Waals surface area (Å²) >= 11 is 0. The van der Waals surface area contributed by atoms with Crippen LogP contribution >= 0.6 is 0 Å². The molecule has 102 valence electrons. The van der Waals surface area contributed by atoms with Crippen LogP contribution in [0.25, 0.3) is 0 Å². The van der Waals surface area contributed by atoms with Gasteiger partial charge in [0.15, 0.2) is 0 Å². The lowest BCUT2D eigenvalue weighted by atomic mass is 9.87. The molecule has 0 fully saturated rings. The van der Waals surface area contributed by atoms with Gasteiger partial charge in [0.05, 0.1) is 6.04 Å². The van der Waals surface area contributed by atoms with Crippen LogP contribution in [-0.2, 0) is 4.79 Å². The van der Waals surface area contributed by atoms with Crippen LogP contribution in [0.4, 0.5) is 4.79 Å². The summed E-state index contributed by atoms with van der Waals surface area (Å²) < 4.78 is 0. The molecule has 2 atom stereocenters. The number of carbonyl (C=O) groups excluding carboxylic acids is 1. The van der Waals surface area contributed by atoms with E-state index in [9.17, 15) is 9.59 Å². The van der Waals surface area contributed by atoms with E-state index in [1.807, 2.05) is 6.92 Å². The van der Waals surface area contributed by atoms with Crippen molar-refractivity contribution in [1.29, 1.82) is 0 Å². The monoisotopic (exact) mass is 254 g/mol. The van der Waals surface area contributed by atoms with E-state index in [0.717, 1.165) is 6.42 Å². The van der Waals surface area contributed by atoms with Crippen molar-refractivity contribution in [1.82, 2.24) is 10.6 Å². The van der Waals surface area contributed by atoms with Crippen molar-refractivity contribution in [2.75, 3.05) is 0 Å². The molecule has 0 aliphatic rings. The number of nitrogens with one attached hydrogen (secondary N) is 2. The normalized spacial score (nSPS) is 14.2. The van der Waals surface area contributed by atoms with Gasteiger partial charge in [0.25, 0.3) is 0 Å². The topological polar surface area (TPSA) is 78.4 Å². The molecule has 2 unspecified atom stereocenters. The molecule has 3 N–H and O–H groups in total. The van der Waals surface area contributed by atoms with E-state index in [-0.39, 0.29) is 6.04 Å². The molecule has 0 saturated heterocycles. The molecule has 0 rings (SSSR count). The third-order valence-electron chi connectivity index (χ3n) is 2.47. The van der Waals surface area contributed by atoms with Crippen LogP contribution in [0.3, 0.4) is 0 Å². The van der Waals surface area contributed by atoms with Gasteiger partial charge < -0.3 is 15.7 Å². The molecule has 0 heterocycles. The Labute approximate surface area is 108 Å². The molecule has 2 amide bonds. The molecule has 5 nitrogen and oxygen atoms in total. The quantitative estimate of drug-likeness (QED) is 0.652. The molecule has 18 heavy (non-hydrogen) atoms. The Hall–Kier alpha value is -1.70. The van der Waals surface area contributed by atoms with Crippen molar-refractivity contribution in [3.8, 4) is 12.3 Å². The highest BCUT2D eigenvalue weighted by atomic mass is 16.4. The molecule has 0 aromatic heterocycles. The molecule has 0 saturated carbocycles. The van der Waals surface area contributed by atoms with Crippen LogP contribution in [0, 0.1) is 17.8 Å². The minimum absolute atomic E-state index is 0.371. The zero-order valence-electron chi connectivity index (χ0n) is 11.4. The van der Waals surface area contributed by atoms with Gasteiger partial charge in [-0.2, -0.15) is 0 Å². The highest BCUT2D eigenvalue weighted by Gasteiger charge is 2.32. The van der Waals surface area contributed by atoms with Crippen molar-refractivity contribution < 1.29 is 14.7 Å². The number of hydrogen-bond acceptors (Lipinski definition) is 2. The molecule has 0 aromatic carbocycles. The van der Waals surface area contributed by atoms with Gasteiger partial charge in [-0.15, -0.1) is 6.42 Å². The number of carboxylic acid groups (broad SMARTS) is 1. The van der Waals surface area contributed by atoms with Gasteiger partial charge in [0.2, 0.25) is 0 Å². The molecule has 5 heteroatoms. The van der Waals surface area contributed by atoms with Gasteiger partial charge in [-0.3, -0.25) is 0 Å². The largest absolute Gasteiger partial charge is 0.480 e. The first-order valence-corrected chi connectivity index (χ1v) is 5.98. The van der Waals surface area contributed by atoms with Crippen LogP contribution in [0.5, 0.6) is 0 Å². The summed E-state index contributed by atoms with van der Waals surface area (Å²) in [7, 11) is 0. The second-order valence-electron chi connectivity index (χ2n) is 5.26. The summed E-state index contributed by atoms with van der Waals surface area (Å²) in [5, 5.41) is 14.1. The Morgan fingerprint density at radius 2 is 1.89 bits per heavy atom. The number of urea groups is 1. The molecular weight excluding hydrogens is 232 g/mol. The maximum atomic E-state index is 11.7. The Bertz CT molecular complexity index is 339. The van der Waals surface area contributed by atoms with Gasteiger partial charge >= 0.3 is 12.0 Å². The first-order valence-electron chi connectivity index (χ1n) is 5.98. The van der Waals surface area contributed by atoms with Crippen molar-refractivity contribution in [3.63, 3.8) is 0 Å². The molecule has 0 radical (unpaired) electrons. The molecule has 0 bridgehead atoms.